The Morgan fingerprint density at radius 3 is 2.54 bits per heavy atom. The lowest BCUT2D eigenvalue weighted by atomic mass is 10.2. The van der Waals surface area contributed by atoms with Gasteiger partial charge < -0.3 is 15.3 Å². The molecule has 0 aromatic carbocycles. The third-order valence-electron chi connectivity index (χ3n) is 1.85. The molecule has 2 N–H and O–H groups in total. The molecule has 0 aliphatic carbocycles. The van der Waals surface area contributed by atoms with Crippen molar-refractivity contribution < 1.29 is 9.90 Å². The van der Waals surface area contributed by atoms with E-state index >= 15 is 0 Å². The highest BCUT2D eigenvalue weighted by Crippen LogP contribution is 1.91. The third-order valence-corrected chi connectivity index (χ3v) is 1.85. The number of nitrogens with zero attached hydrogens (tertiary/aromatic N) is 1. The number of hydrogen-bond acceptors (Lipinski definition) is 3. The van der Waals surface area contributed by atoms with Crippen molar-refractivity contribution in [3.05, 3.63) is 0 Å². The first-order valence-corrected chi connectivity index (χ1v) is 4.76. The number of hydrogen-bond donors (Lipinski definition) is 2. The molecule has 0 bridgehead atoms. The maximum absolute atomic E-state index is 10.7. The summed E-state index contributed by atoms with van der Waals surface area (Å²) in [6.07, 6.45) is 1.05. The summed E-state index contributed by atoms with van der Waals surface area (Å²) in [5.74, 6) is -0.773. The van der Waals surface area contributed by atoms with E-state index in [0.717, 1.165) is 13.0 Å². The van der Waals surface area contributed by atoms with Gasteiger partial charge in [-0.3, -0.25) is 4.79 Å². The van der Waals surface area contributed by atoms with E-state index in [1.165, 1.54) is 0 Å². The molecular formula is C9H20N2O2. The van der Waals surface area contributed by atoms with Gasteiger partial charge in [-0.2, -0.15) is 0 Å². The third kappa shape index (κ3) is 5.60. The molecule has 0 amide bonds. The average Bonchev–Trinajstić information content (AvgIpc) is 2.04. The van der Waals surface area contributed by atoms with Crippen molar-refractivity contribution in [2.24, 2.45) is 0 Å². The Hall–Kier alpha value is -0.610. The molecule has 0 fully saturated rings. The van der Waals surface area contributed by atoms with Gasteiger partial charge in [-0.05, 0) is 26.6 Å². The lowest BCUT2D eigenvalue weighted by Crippen LogP contribution is -2.45. The van der Waals surface area contributed by atoms with Crippen LogP contribution in [0.3, 0.4) is 0 Å². The molecule has 0 rings (SSSR count). The molecule has 0 radical (unpaired) electrons. The molecule has 1 unspecified atom stereocenters. The number of rotatable bonds is 7. The molecule has 0 saturated heterocycles. The minimum Gasteiger partial charge on any atom is -0.480 e. The number of likely N-dealkylation sites (N-methyl/N-ethyl adjacent to an activating group) is 2. The van der Waals surface area contributed by atoms with E-state index < -0.39 is 12.0 Å². The van der Waals surface area contributed by atoms with Crippen LogP contribution in [0, 0.1) is 0 Å². The molecule has 0 aliphatic heterocycles. The van der Waals surface area contributed by atoms with Crippen molar-refractivity contribution in [1.82, 2.24) is 10.2 Å². The van der Waals surface area contributed by atoms with Gasteiger partial charge in [-0.15, -0.1) is 0 Å². The van der Waals surface area contributed by atoms with Crippen molar-refractivity contribution in [2.75, 3.05) is 26.7 Å². The summed E-state index contributed by atoms with van der Waals surface area (Å²) < 4.78 is 0. The zero-order valence-corrected chi connectivity index (χ0v) is 8.71. The summed E-state index contributed by atoms with van der Waals surface area (Å²) in [6.45, 7) is 6.19. The van der Waals surface area contributed by atoms with E-state index in [1.54, 1.807) is 0 Å². The van der Waals surface area contributed by atoms with Crippen molar-refractivity contribution in [3.8, 4) is 0 Å². The second kappa shape index (κ2) is 6.86. The molecular weight excluding hydrogens is 168 g/mol. The van der Waals surface area contributed by atoms with Crippen molar-refractivity contribution in [2.45, 2.75) is 26.3 Å². The second-order valence-electron chi connectivity index (χ2n) is 3.21. The fourth-order valence-electron chi connectivity index (χ4n) is 1.26. The van der Waals surface area contributed by atoms with E-state index in [4.69, 9.17) is 5.11 Å². The highest BCUT2D eigenvalue weighted by atomic mass is 16.4. The minimum absolute atomic E-state index is 0.443. The molecule has 0 heterocycles. The molecule has 0 spiro atoms. The average molecular weight is 188 g/mol. The summed E-state index contributed by atoms with van der Waals surface area (Å²) in [6, 6.07) is -0.443. The highest BCUT2D eigenvalue weighted by Gasteiger charge is 2.17. The van der Waals surface area contributed by atoms with E-state index in [-0.39, 0.29) is 0 Å². The van der Waals surface area contributed by atoms with Crippen LogP contribution in [0.1, 0.15) is 20.3 Å². The minimum atomic E-state index is -0.773. The molecule has 4 heteroatoms. The monoisotopic (exact) mass is 188 g/mol. The lowest BCUT2D eigenvalue weighted by Gasteiger charge is -2.21. The van der Waals surface area contributed by atoms with Gasteiger partial charge in [0.2, 0.25) is 0 Å². The van der Waals surface area contributed by atoms with Crippen LogP contribution in [0.5, 0.6) is 0 Å². The van der Waals surface area contributed by atoms with Crippen LogP contribution in [0.25, 0.3) is 0 Å². The molecule has 0 aromatic heterocycles. The van der Waals surface area contributed by atoms with Crippen LogP contribution in [0.15, 0.2) is 0 Å². The fraction of sp³-hybridized carbons (Fsp3) is 0.889. The Morgan fingerprint density at radius 2 is 2.15 bits per heavy atom. The van der Waals surface area contributed by atoms with Gasteiger partial charge in [0.05, 0.1) is 0 Å². The van der Waals surface area contributed by atoms with Gasteiger partial charge in [0.1, 0.15) is 6.04 Å². The van der Waals surface area contributed by atoms with Crippen molar-refractivity contribution in [3.63, 3.8) is 0 Å². The second-order valence-corrected chi connectivity index (χ2v) is 3.21. The molecule has 0 aromatic rings. The van der Waals surface area contributed by atoms with Gasteiger partial charge in [0, 0.05) is 6.54 Å². The molecule has 1 atom stereocenters. The van der Waals surface area contributed by atoms with E-state index in [1.807, 2.05) is 18.9 Å². The molecule has 0 aliphatic rings. The quantitative estimate of drug-likeness (QED) is 0.607. The van der Waals surface area contributed by atoms with Crippen LogP contribution in [-0.4, -0.2) is 48.7 Å². The van der Waals surface area contributed by atoms with Crippen molar-refractivity contribution >= 4 is 5.97 Å². The largest absolute Gasteiger partial charge is 0.480 e. The standard InChI is InChI=1S/C9H20N2O2/c1-4-6-11(3)7-8(9(12)13)10-5-2/h8,10H,4-7H2,1-3H3,(H,12,13). The maximum atomic E-state index is 10.7. The smallest absolute Gasteiger partial charge is 0.322 e. The highest BCUT2D eigenvalue weighted by molar-refractivity contribution is 5.73. The van der Waals surface area contributed by atoms with Gasteiger partial charge >= 0.3 is 5.97 Å². The van der Waals surface area contributed by atoms with E-state index in [9.17, 15) is 4.79 Å². The number of carboxylic acid groups (broad SMARTS) is 1. The Labute approximate surface area is 79.9 Å². The predicted octanol–water partition coefficient (Wildman–Crippen LogP) is 0.391. The summed E-state index contributed by atoms with van der Waals surface area (Å²) in [5, 5.41) is 11.8. The summed E-state index contributed by atoms with van der Waals surface area (Å²) in [5.41, 5.74) is 0. The van der Waals surface area contributed by atoms with Crippen LogP contribution in [0.2, 0.25) is 0 Å². The van der Waals surface area contributed by atoms with Crippen LogP contribution in [-0.2, 0) is 4.79 Å². The Morgan fingerprint density at radius 1 is 1.54 bits per heavy atom. The first-order valence-electron chi connectivity index (χ1n) is 4.76. The first-order chi connectivity index (χ1) is 6.11. The topological polar surface area (TPSA) is 52.6 Å². The number of carbonyl (C=O) groups is 1. The van der Waals surface area contributed by atoms with Gasteiger partial charge in [-0.1, -0.05) is 13.8 Å². The zero-order valence-electron chi connectivity index (χ0n) is 8.71. The molecule has 78 valence electrons. The Kier molecular flexibility index (Phi) is 6.54. The van der Waals surface area contributed by atoms with Gasteiger partial charge in [0.15, 0.2) is 0 Å². The molecule has 0 saturated carbocycles. The normalized spacial score (nSPS) is 13.2. The Balaban J connectivity index is 3.86. The summed E-state index contributed by atoms with van der Waals surface area (Å²) >= 11 is 0. The summed E-state index contributed by atoms with van der Waals surface area (Å²) in [4.78, 5) is 12.8. The fourth-order valence-corrected chi connectivity index (χ4v) is 1.26. The SMILES string of the molecule is CCCN(C)CC(NCC)C(=O)O. The predicted molar refractivity (Wildman–Crippen MR) is 52.9 cm³/mol. The van der Waals surface area contributed by atoms with Gasteiger partial charge in [0.25, 0.3) is 0 Å². The zero-order chi connectivity index (χ0) is 10.3. The number of nitrogens with one attached hydrogen (secondary N) is 1. The van der Waals surface area contributed by atoms with Crippen LogP contribution in [0.4, 0.5) is 0 Å². The number of aliphatic carboxylic acids is 1. The number of carboxylic acids is 1. The lowest BCUT2D eigenvalue weighted by molar-refractivity contribution is -0.139. The van der Waals surface area contributed by atoms with Crippen LogP contribution < -0.4 is 5.32 Å². The first kappa shape index (κ1) is 12.4. The van der Waals surface area contributed by atoms with E-state index in [2.05, 4.69) is 12.2 Å². The van der Waals surface area contributed by atoms with Crippen molar-refractivity contribution in [1.29, 1.82) is 0 Å². The molecule has 13 heavy (non-hydrogen) atoms. The Bertz CT molecular complexity index is 151. The molecule has 4 nitrogen and oxygen atoms in total. The maximum Gasteiger partial charge on any atom is 0.322 e. The summed E-state index contributed by atoms with van der Waals surface area (Å²) in [7, 11) is 1.94. The van der Waals surface area contributed by atoms with Gasteiger partial charge in [-0.25, -0.2) is 0 Å². The van der Waals surface area contributed by atoms with Crippen LogP contribution >= 0.6 is 0 Å². The van der Waals surface area contributed by atoms with E-state index in [0.29, 0.717) is 13.1 Å².